The molecule has 0 aromatic heterocycles. The summed E-state index contributed by atoms with van der Waals surface area (Å²) in [7, 11) is -1.83. The van der Waals surface area contributed by atoms with E-state index in [1.165, 1.54) is 4.31 Å². The standard InChI is InChI=1S/C12H20N2O2S/c1-9(2)14(4)17(15,16)12-7-5-6-11(8-12)10(3)13/h5-10H,13H2,1-4H3. The van der Waals surface area contributed by atoms with E-state index in [2.05, 4.69) is 0 Å². The summed E-state index contributed by atoms with van der Waals surface area (Å²) in [5, 5.41) is 0. The predicted molar refractivity (Wildman–Crippen MR) is 69.1 cm³/mol. The van der Waals surface area contributed by atoms with Gasteiger partial charge in [0, 0.05) is 19.1 Å². The van der Waals surface area contributed by atoms with Crippen LogP contribution < -0.4 is 5.73 Å². The first-order valence-corrected chi connectivity index (χ1v) is 7.04. The molecule has 0 spiro atoms. The van der Waals surface area contributed by atoms with Crippen molar-refractivity contribution in [3.05, 3.63) is 29.8 Å². The summed E-state index contributed by atoms with van der Waals surface area (Å²) in [5.74, 6) is 0. The van der Waals surface area contributed by atoms with E-state index in [0.717, 1.165) is 5.56 Å². The molecule has 0 radical (unpaired) electrons. The molecule has 5 heteroatoms. The Hall–Kier alpha value is -0.910. The van der Waals surface area contributed by atoms with Crippen molar-refractivity contribution in [3.8, 4) is 0 Å². The number of hydrogen-bond donors (Lipinski definition) is 1. The molecule has 0 heterocycles. The van der Waals surface area contributed by atoms with Gasteiger partial charge < -0.3 is 5.73 Å². The Bertz CT molecular complexity index is 481. The molecule has 0 aliphatic heterocycles. The van der Waals surface area contributed by atoms with Crippen molar-refractivity contribution in [1.82, 2.24) is 4.31 Å². The summed E-state index contributed by atoms with van der Waals surface area (Å²) < 4.78 is 25.8. The first-order chi connectivity index (χ1) is 7.76. The molecular weight excluding hydrogens is 236 g/mol. The highest BCUT2D eigenvalue weighted by Gasteiger charge is 2.23. The lowest BCUT2D eigenvalue weighted by atomic mass is 10.1. The van der Waals surface area contributed by atoms with Crippen molar-refractivity contribution in [3.63, 3.8) is 0 Å². The Morgan fingerprint density at radius 1 is 1.24 bits per heavy atom. The Balaban J connectivity index is 3.20. The van der Waals surface area contributed by atoms with Gasteiger partial charge in [0.15, 0.2) is 0 Å². The number of nitrogens with two attached hydrogens (primary N) is 1. The Morgan fingerprint density at radius 2 is 1.82 bits per heavy atom. The second kappa shape index (κ2) is 5.16. The van der Waals surface area contributed by atoms with E-state index in [0.29, 0.717) is 4.90 Å². The van der Waals surface area contributed by atoms with Gasteiger partial charge in [-0.2, -0.15) is 4.31 Å². The van der Waals surface area contributed by atoms with Gasteiger partial charge in [0.05, 0.1) is 4.90 Å². The van der Waals surface area contributed by atoms with E-state index in [-0.39, 0.29) is 12.1 Å². The van der Waals surface area contributed by atoms with E-state index in [9.17, 15) is 8.42 Å². The van der Waals surface area contributed by atoms with Crippen molar-refractivity contribution in [2.24, 2.45) is 5.73 Å². The summed E-state index contributed by atoms with van der Waals surface area (Å²) in [4.78, 5) is 0.295. The lowest BCUT2D eigenvalue weighted by molar-refractivity contribution is 0.410. The van der Waals surface area contributed by atoms with E-state index in [1.54, 1.807) is 25.2 Å². The molecule has 1 aromatic carbocycles. The molecule has 1 atom stereocenters. The molecule has 1 rings (SSSR count). The highest BCUT2D eigenvalue weighted by molar-refractivity contribution is 7.89. The first-order valence-electron chi connectivity index (χ1n) is 5.60. The molecule has 4 nitrogen and oxygen atoms in total. The lowest BCUT2D eigenvalue weighted by Crippen LogP contribution is -2.33. The van der Waals surface area contributed by atoms with Crippen LogP contribution in [0.1, 0.15) is 32.4 Å². The van der Waals surface area contributed by atoms with Crippen molar-refractivity contribution < 1.29 is 8.42 Å². The smallest absolute Gasteiger partial charge is 0.243 e. The zero-order valence-electron chi connectivity index (χ0n) is 10.7. The number of rotatable bonds is 4. The number of sulfonamides is 1. The summed E-state index contributed by atoms with van der Waals surface area (Å²) in [5.41, 5.74) is 6.58. The van der Waals surface area contributed by atoms with E-state index in [4.69, 9.17) is 5.73 Å². The molecule has 1 aromatic rings. The number of hydrogen-bond acceptors (Lipinski definition) is 3. The minimum absolute atomic E-state index is 0.0704. The van der Waals surface area contributed by atoms with Gasteiger partial charge in [0.1, 0.15) is 0 Å². The molecule has 0 aliphatic rings. The van der Waals surface area contributed by atoms with Gasteiger partial charge in [-0.1, -0.05) is 12.1 Å². The Kier molecular flexibility index (Phi) is 4.30. The molecule has 0 saturated carbocycles. The second-order valence-electron chi connectivity index (χ2n) is 4.48. The normalized spacial score (nSPS) is 14.3. The van der Waals surface area contributed by atoms with Crippen LogP contribution in [0.5, 0.6) is 0 Å². The maximum atomic E-state index is 12.2. The fraction of sp³-hybridized carbons (Fsp3) is 0.500. The summed E-state index contributed by atoms with van der Waals surface area (Å²) in [6, 6.07) is 6.55. The average molecular weight is 256 g/mol. The van der Waals surface area contributed by atoms with Crippen molar-refractivity contribution >= 4 is 10.0 Å². The maximum Gasteiger partial charge on any atom is 0.243 e. The summed E-state index contributed by atoms with van der Waals surface area (Å²) in [6.45, 7) is 5.51. The molecule has 2 N–H and O–H groups in total. The fourth-order valence-electron chi connectivity index (χ4n) is 1.40. The van der Waals surface area contributed by atoms with Crippen LogP contribution in [0.3, 0.4) is 0 Å². The minimum atomic E-state index is -3.42. The molecule has 0 fully saturated rings. The van der Waals surface area contributed by atoms with Crippen LogP contribution in [0, 0.1) is 0 Å². The zero-order chi connectivity index (χ0) is 13.2. The monoisotopic (exact) mass is 256 g/mol. The molecule has 1 unspecified atom stereocenters. The third-order valence-electron chi connectivity index (χ3n) is 2.79. The molecule has 96 valence electrons. The molecule has 17 heavy (non-hydrogen) atoms. The minimum Gasteiger partial charge on any atom is -0.324 e. The maximum absolute atomic E-state index is 12.2. The average Bonchev–Trinajstić information content (AvgIpc) is 2.28. The largest absolute Gasteiger partial charge is 0.324 e. The highest BCUT2D eigenvalue weighted by atomic mass is 32.2. The van der Waals surface area contributed by atoms with Crippen molar-refractivity contribution in [2.45, 2.75) is 37.8 Å². The third kappa shape index (κ3) is 3.06. The van der Waals surface area contributed by atoms with Crippen LogP contribution >= 0.6 is 0 Å². The van der Waals surface area contributed by atoms with Crippen LogP contribution in [0.2, 0.25) is 0 Å². The summed E-state index contributed by atoms with van der Waals surface area (Å²) in [6.07, 6.45) is 0. The second-order valence-corrected chi connectivity index (χ2v) is 6.47. The van der Waals surface area contributed by atoms with Gasteiger partial charge >= 0.3 is 0 Å². The fourth-order valence-corrected chi connectivity index (χ4v) is 2.83. The van der Waals surface area contributed by atoms with Gasteiger partial charge in [0.2, 0.25) is 10.0 Å². The third-order valence-corrected chi connectivity index (χ3v) is 4.82. The molecular formula is C12H20N2O2S. The van der Waals surface area contributed by atoms with Gasteiger partial charge in [-0.25, -0.2) is 8.42 Å². The van der Waals surface area contributed by atoms with E-state index < -0.39 is 10.0 Å². The highest BCUT2D eigenvalue weighted by Crippen LogP contribution is 2.20. The van der Waals surface area contributed by atoms with Crippen LogP contribution in [0.15, 0.2) is 29.2 Å². The lowest BCUT2D eigenvalue weighted by Gasteiger charge is -2.21. The number of nitrogens with zero attached hydrogens (tertiary/aromatic N) is 1. The Labute approximate surface area is 103 Å². The zero-order valence-corrected chi connectivity index (χ0v) is 11.5. The number of benzene rings is 1. The SMILES string of the molecule is CC(N)c1cccc(S(=O)(=O)N(C)C(C)C)c1. The van der Waals surface area contributed by atoms with Crippen LogP contribution in [-0.2, 0) is 10.0 Å². The first kappa shape index (κ1) is 14.2. The van der Waals surface area contributed by atoms with E-state index >= 15 is 0 Å². The summed E-state index contributed by atoms with van der Waals surface area (Å²) >= 11 is 0. The van der Waals surface area contributed by atoms with Gasteiger partial charge in [-0.3, -0.25) is 0 Å². The molecule has 0 bridgehead atoms. The quantitative estimate of drug-likeness (QED) is 0.892. The van der Waals surface area contributed by atoms with Crippen LogP contribution in [0.4, 0.5) is 0 Å². The van der Waals surface area contributed by atoms with Crippen LogP contribution in [-0.4, -0.2) is 25.8 Å². The molecule has 0 aliphatic carbocycles. The van der Waals surface area contributed by atoms with Gasteiger partial charge in [0.25, 0.3) is 0 Å². The topological polar surface area (TPSA) is 63.4 Å². The molecule has 0 amide bonds. The van der Waals surface area contributed by atoms with E-state index in [1.807, 2.05) is 26.8 Å². The predicted octanol–water partition coefficient (Wildman–Crippen LogP) is 1.74. The van der Waals surface area contributed by atoms with Gasteiger partial charge in [-0.15, -0.1) is 0 Å². The van der Waals surface area contributed by atoms with Crippen molar-refractivity contribution in [2.75, 3.05) is 7.05 Å². The van der Waals surface area contributed by atoms with Gasteiger partial charge in [-0.05, 0) is 38.5 Å². The Morgan fingerprint density at radius 3 is 2.29 bits per heavy atom. The molecule has 0 saturated heterocycles. The van der Waals surface area contributed by atoms with Crippen molar-refractivity contribution in [1.29, 1.82) is 0 Å². The van der Waals surface area contributed by atoms with Crippen LogP contribution in [0.25, 0.3) is 0 Å².